The SMILES string of the molecule is CC(=O)N1CCC2(CC1)CN=C(c1c(O)n(C(C)C)c3ccc(NC(C)C)cc13)CO2. The molecule has 0 radical (unpaired) electrons. The van der Waals surface area contributed by atoms with Gasteiger partial charge in [-0.1, -0.05) is 0 Å². The molecule has 0 aliphatic carbocycles. The minimum Gasteiger partial charge on any atom is -0.494 e. The Kier molecular flexibility index (Phi) is 5.73. The number of rotatable bonds is 4. The monoisotopic (exact) mass is 426 g/mol. The fourth-order valence-electron chi connectivity index (χ4n) is 4.77. The molecule has 7 heteroatoms. The van der Waals surface area contributed by atoms with Crippen LogP contribution in [0.25, 0.3) is 10.9 Å². The molecule has 1 amide bonds. The Labute approximate surface area is 184 Å². The summed E-state index contributed by atoms with van der Waals surface area (Å²) < 4.78 is 8.33. The van der Waals surface area contributed by atoms with Gasteiger partial charge in [-0.2, -0.15) is 0 Å². The summed E-state index contributed by atoms with van der Waals surface area (Å²) in [6.07, 6.45) is 1.59. The van der Waals surface area contributed by atoms with E-state index in [1.165, 1.54) is 0 Å². The Bertz CT molecular complexity index is 1010. The summed E-state index contributed by atoms with van der Waals surface area (Å²) in [5, 5.41) is 15.6. The van der Waals surface area contributed by atoms with Crippen molar-refractivity contribution in [1.29, 1.82) is 0 Å². The van der Waals surface area contributed by atoms with Gasteiger partial charge in [-0.25, -0.2) is 0 Å². The van der Waals surface area contributed by atoms with Gasteiger partial charge in [-0.3, -0.25) is 9.79 Å². The number of fused-ring (bicyclic) bond motifs is 1. The lowest BCUT2D eigenvalue weighted by Gasteiger charge is -2.42. The van der Waals surface area contributed by atoms with Gasteiger partial charge < -0.3 is 24.6 Å². The number of aliphatic imine (C=N–C) groups is 1. The first-order valence-electron chi connectivity index (χ1n) is 11.3. The largest absolute Gasteiger partial charge is 0.494 e. The van der Waals surface area contributed by atoms with Gasteiger partial charge in [-0.05, 0) is 58.7 Å². The number of anilines is 1. The summed E-state index contributed by atoms with van der Waals surface area (Å²) in [5.74, 6) is 0.364. The van der Waals surface area contributed by atoms with Crippen molar-refractivity contribution in [2.75, 3.05) is 31.6 Å². The molecule has 0 atom stereocenters. The van der Waals surface area contributed by atoms with Crippen LogP contribution < -0.4 is 5.32 Å². The number of piperidine rings is 1. The van der Waals surface area contributed by atoms with E-state index in [0.29, 0.717) is 32.3 Å². The zero-order valence-corrected chi connectivity index (χ0v) is 19.2. The minimum atomic E-state index is -0.300. The molecule has 1 aromatic heterocycles. The van der Waals surface area contributed by atoms with Crippen LogP contribution in [0.3, 0.4) is 0 Å². The molecule has 31 heavy (non-hydrogen) atoms. The number of carbonyl (C=O) groups is 1. The van der Waals surface area contributed by atoms with Gasteiger partial charge in [0.15, 0.2) is 0 Å². The van der Waals surface area contributed by atoms with Gasteiger partial charge in [0, 0.05) is 43.2 Å². The quantitative estimate of drug-likeness (QED) is 0.776. The molecule has 0 bridgehead atoms. The van der Waals surface area contributed by atoms with Gasteiger partial charge in [0.25, 0.3) is 0 Å². The van der Waals surface area contributed by atoms with E-state index in [-0.39, 0.29) is 23.4 Å². The molecule has 1 aromatic carbocycles. The lowest BCUT2D eigenvalue weighted by atomic mass is 9.89. The Morgan fingerprint density at radius 3 is 2.48 bits per heavy atom. The van der Waals surface area contributed by atoms with E-state index >= 15 is 0 Å². The minimum absolute atomic E-state index is 0.118. The molecule has 168 valence electrons. The first-order valence-corrected chi connectivity index (χ1v) is 11.3. The molecule has 2 aliphatic rings. The van der Waals surface area contributed by atoms with Gasteiger partial charge in [0.05, 0.1) is 35.5 Å². The molecule has 1 fully saturated rings. The van der Waals surface area contributed by atoms with E-state index in [0.717, 1.165) is 40.7 Å². The molecule has 2 aromatic rings. The van der Waals surface area contributed by atoms with Crippen LogP contribution in [0.4, 0.5) is 5.69 Å². The van der Waals surface area contributed by atoms with Crippen molar-refractivity contribution >= 4 is 28.2 Å². The molecule has 2 N–H and O–H groups in total. The molecule has 0 saturated carbocycles. The number of aromatic hydroxyl groups is 1. The third kappa shape index (κ3) is 4.03. The predicted octanol–water partition coefficient (Wildman–Crippen LogP) is 3.95. The number of ether oxygens (including phenoxy) is 1. The Morgan fingerprint density at radius 2 is 1.94 bits per heavy atom. The maximum Gasteiger partial charge on any atom is 0.219 e. The highest BCUT2D eigenvalue weighted by Crippen LogP contribution is 2.38. The van der Waals surface area contributed by atoms with Crippen LogP contribution in [-0.2, 0) is 9.53 Å². The lowest BCUT2D eigenvalue weighted by Crippen LogP contribution is -2.51. The number of nitrogens with one attached hydrogen (secondary N) is 1. The summed E-state index contributed by atoms with van der Waals surface area (Å²) in [5.41, 5.74) is 3.28. The van der Waals surface area contributed by atoms with Crippen LogP contribution in [0.15, 0.2) is 23.2 Å². The Morgan fingerprint density at radius 1 is 1.23 bits per heavy atom. The topological polar surface area (TPSA) is 79.1 Å². The molecule has 1 spiro atoms. The fourth-order valence-corrected chi connectivity index (χ4v) is 4.77. The number of likely N-dealkylation sites (tertiary alicyclic amines) is 1. The zero-order valence-electron chi connectivity index (χ0n) is 19.2. The standard InChI is InChI=1S/C24H34N4O3/c1-15(2)26-18-6-7-21-19(12-18)22(23(30)28(21)16(3)4)20-13-31-24(14-25-20)8-10-27(11-9-24)17(5)29/h6-7,12,15-16,26,30H,8-11,13-14H2,1-5H3. The van der Waals surface area contributed by atoms with Crippen LogP contribution in [0.1, 0.15) is 59.1 Å². The van der Waals surface area contributed by atoms with Crippen LogP contribution >= 0.6 is 0 Å². The summed E-state index contributed by atoms with van der Waals surface area (Å²) >= 11 is 0. The highest BCUT2D eigenvalue weighted by Gasteiger charge is 2.39. The molecule has 2 aliphatic heterocycles. The highest BCUT2D eigenvalue weighted by molar-refractivity contribution is 6.14. The number of hydrogen-bond acceptors (Lipinski definition) is 5. The van der Waals surface area contributed by atoms with E-state index in [1.54, 1.807) is 6.92 Å². The molecule has 7 nitrogen and oxygen atoms in total. The summed E-state index contributed by atoms with van der Waals surface area (Å²) in [6, 6.07) is 6.65. The van der Waals surface area contributed by atoms with Gasteiger partial charge >= 0.3 is 0 Å². The van der Waals surface area contributed by atoms with Gasteiger partial charge in [0.2, 0.25) is 11.8 Å². The maximum absolute atomic E-state index is 11.6. The molecular formula is C24H34N4O3. The third-order valence-electron chi connectivity index (χ3n) is 6.43. The Balaban J connectivity index is 1.68. The van der Waals surface area contributed by atoms with E-state index in [2.05, 4.69) is 51.2 Å². The van der Waals surface area contributed by atoms with Crippen LogP contribution in [0.5, 0.6) is 5.88 Å². The Hall–Kier alpha value is -2.54. The van der Waals surface area contributed by atoms with Crippen LogP contribution in [0, 0.1) is 0 Å². The van der Waals surface area contributed by atoms with Crippen molar-refractivity contribution in [1.82, 2.24) is 9.47 Å². The number of nitrogens with zero attached hydrogens (tertiary/aromatic N) is 3. The van der Waals surface area contributed by atoms with Crippen molar-refractivity contribution in [3.05, 3.63) is 23.8 Å². The second-order valence-corrected chi connectivity index (χ2v) is 9.43. The first kappa shape index (κ1) is 21.7. The second-order valence-electron chi connectivity index (χ2n) is 9.43. The molecule has 0 unspecified atom stereocenters. The molecule has 1 saturated heterocycles. The average molecular weight is 427 g/mol. The zero-order chi connectivity index (χ0) is 22.3. The van der Waals surface area contributed by atoms with Crippen LogP contribution in [0.2, 0.25) is 0 Å². The van der Waals surface area contributed by atoms with E-state index < -0.39 is 0 Å². The maximum atomic E-state index is 11.6. The number of benzene rings is 1. The van der Waals surface area contributed by atoms with Crippen LogP contribution in [-0.4, -0.2) is 64.1 Å². The number of amides is 1. The van der Waals surface area contributed by atoms with Gasteiger partial charge in [-0.15, -0.1) is 0 Å². The summed E-state index contributed by atoms with van der Waals surface area (Å²) in [6.45, 7) is 12.3. The summed E-state index contributed by atoms with van der Waals surface area (Å²) in [4.78, 5) is 18.4. The number of carbonyl (C=O) groups excluding carboxylic acids is 1. The predicted molar refractivity (Wildman–Crippen MR) is 124 cm³/mol. The van der Waals surface area contributed by atoms with Crippen molar-refractivity contribution in [3.8, 4) is 5.88 Å². The smallest absolute Gasteiger partial charge is 0.219 e. The third-order valence-corrected chi connectivity index (χ3v) is 6.43. The van der Waals surface area contributed by atoms with Gasteiger partial charge in [0.1, 0.15) is 0 Å². The highest BCUT2D eigenvalue weighted by atomic mass is 16.5. The van der Waals surface area contributed by atoms with E-state index in [4.69, 9.17) is 9.73 Å². The normalized spacial score (nSPS) is 18.8. The van der Waals surface area contributed by atoms with E-state index in [9.17, 15) is 9.90 Å². The number of hydrogen-bond donors (Lipinski definition) is 2. The average Bonchev–Trinajstić information content (AvgIpc) is 3.00. The van der Waals surface area contributed by atoms with Crippen molar-refractivity contribution in [2.24, 2.45) is 4.99 Å². The second kappa shape index (κ2) is 8.19. The molecular weight excluding hydrogens is 392 g/mol. The molecule has 3 heterocycles. The van der Waals surface area contributed by atoms with E-state index in [1.807, 2.05) is 9.47 Å². The van der Waals surface area contributed by atoms with Crippen molar-refractivity contribution < 1.29 is 14.6 Å². The molecule has 4 rings (SSSR count). The van der Waals surface area contributed by atoms with Crippen molar-refractivity contribution in [3.63, 3.8) is 0 Å². The first-order chi connectivity index (χ1) is 14.7. The fraction of sp³-hybridized carbons (Fsp3) is 0.583. The number of aromatic nitrogens is 1. The lowest BCUT2D eigenvalue weighted by molar-refractivity contribution is -0.134. The summed E-state index contributed by atoms with van der Waals surface area (Å²) in [7, 11) is 0. The van der Waals surface area contributed by atoms with Crippen molar-refractivity contribution in [2.45, 2.75) is 65.1 Å².